The van der Waals surface area contributed by atoms with Crippen molar-refractivity contribution in [3.63, 3.8) is 0 Å². The van der Waals surface area contributed by atoms with Crippen molar-refractivity contribution in [3.8, 4) is 11.3 Å². The van der Waals surface area contributed by atoms with Crippen LogP contribution in [0.15, 0.2) is 30.5 Å². The number of rotatable bonds is 6. The molecule has 0 unspecified atom stereocenters. The molecule has 2 saturated heterocycles. The summed E-state index contributed by atoms with van der Waals surface area (Å²) in [6, 6.07) is 5.05. The Morgan fingerprint density at radius 1 is 1.13 bits per heavy atom. The maximum Gasteiger partial charge on any atom is 0.291 e. The van der Waals surface area contributed by atoms with Gasteiger partial charge in [0.1, 0.15) is 0 Å². The van der Waals surface area contributed by atoms with Gasteiger partial charge >= 0.3 is 0 Å². The Morgan fingerprint density at radius 3 is 2.37 bits per heavy atom. The van der Waals surface area contributed by atoms with Crippen LogP contribution in [0.3, 0.4) is 0 Å². The summed E-state index contributed by atoms with van der Waals surface area (Å²) >= 11 is 6.43. The number of carbonyl (C=O) groups excluding carboxylic acids is 3. The number of piperazine rings is 1. The number of hydrogen-bond donors (Lipinski definition) is 4. The van der Waals surface area contributed by atoms with E-state index in [4.69, 9.17) is 21.5 Å². The lowest BCUT2D eigenvalue weighted by molar-refractivity contribution is -0.134. The highest BCUT2D eigenvalue weighted by molar-refractivity contribution is 6.34. The number of aliphatic hydroxyl groups is 1. The van der Waals surface area contributed by atoms with Crippen LogP contribution in [-0.4, -0.2) is 118 Å². The molecule has 2 atom stereocenters. The van der Waals surface area contributed by atoms with E-state index in [1.54, 1.807) is 23.9 Å². The van der Waals surface area contributed by atoms with Gasteiger partial charge in [0.05, 0.1) is 40.2 Å². The average molecular weight is 663 g/mol. The molecule has 246 valence electrons. The van der Waals surface area contributed by atoms with Crippen LogP contribution in [0.4, 0.5) is 20.3 Å². The maximum atomic E-state index is 14.7. The first kappa shape index (κ1) is 34.2. The van der Waals surface area contributed by atoms with Gasteiger partial charge in [-0.1, -0.05) is 11.6 Å². The normalized spacial score (nSPS) is 17.6. The number of carboxylic acid groups (broad SMARTS) is 1. The number of carbonyl (C=O) groups is 4. The van der Waals surface area contributed by atoms with Crippen LogP contribution in [-0.2, 0) is 16.6 Å². The number of nitrogens with one attached hydrogen (secondary N) is 2. The van der Waals surface area contributed by atoms with Gasteiger partial charge in [-0.15, -0.1) is 0 Å². The van der Waals surface area contributed by atoms with Crippen molar-refractivity contribution in [3.05, 3.63) is 58.6 Å². The molecule has 4 heterocycles. The molecule has 5 rings (SSSR count). The SMILES string of the molecule is CN(C)c1nc(F)c(-c2cnc(C(=O)Nc3ccc(C(=O)N4CCN(C(=O)[C@@H]5C[C@@H](O)CN5)CC4)c(Cl)c3)n2C)cc1F.O=CO. The van der Waals surface area contributed by atoms with Crippen LogP contribution in [0.25, 0.3) is 11.3 Å². The van der Waals surface area contributed by atoms with E-state index in [-0.39, 0.29) is 51.8 Å². The number of benzene rings is 1. The first-order valence-electron chi connectivity index (χ1n) is 14.1. The minimum Gasteiger partial charge on any atom is -0.483 e. The summed E-state index contributed by atoms with van der Waals surface area (Å²) < 4.78 is 30.5. The van der Waals surface area contributed by atoms with E-state index < -0.39 is 29.8 Å². The van der Waals surface area contributed by atoms with Crippen LogP contribution in [0.1, 0.15) is 27.4 Å². The van der Waals surface area contributed by atoms with E-state index in [2.05, 4.69) is 20.6 Å². The van der Waals surface area contributed by atoms with Gasteiger partial charge in [-0.05, 0) is 30.7 Å². The topological polar surface area (TPSA) is 173 Å². The molecular formula is C29H33ClF2N8O6. The molecule has 0 bridgehead atoms. The first-order valence-corrected chi connectivity index (χ1v) is 14.5. The zero-order chi connectivity index (χ0) is 33.7. The minimum absolute atomic E-state index is 0.0718. The number of halogens is 3. The van der Waals surface area contributed by atoms with Crippen molar-refractivity contribution in [2.75, 3.05) is 57.0 Å². The van der Waals surface area contributed by atoms with Crippen molar-refractivity contribution >= 4 is 47.3 Å². The number of pyridine rings is 1. The van der Waals surface area contributed by atoms with Crippen LogP contribution < -0.4 is 15.5 Å². The van der Waals surface area contributed by atoms with E-state index in [1.165, 1.54) is 40.9 Å². The first-order chi connectivity index (χ1) is 21.9. The number of aliphatic hydroxyl groups excluding tert-OH is 1. The highest BCUT2D eigenvalue weighted by Crippen LogP contribution is 2.28. The molecule has 2 fully saturated rings. The van der Waals surface area contributed by atoms with Crippen molar-refractivity contribution < 1.29 is 38.2 Å². The fraction of sp³-hybridized carbons (Fsp3) is 0.379. The predicted octanol–water partition coefficient (Wildman–Crippen LogP) is 1.44. The summed E-state index contributed by atoms with van der Waals surface area (Å²) in [7, 11) is 4.57. The molecule has 0 spiro atoms. The Morgan fingerprint density at radius 2 is 1.78 bits per heavy atom. The summed E-state index contributed by atoms with van der Waals surface area (Å²) in [6.45, 7) is 1.52. The molecule has 0 radical (unpaired) electrons. The number of aromatic nitrogens is 3. The van der Waals surface area contributed by atoms with Gasteiger partial charge in [-0.25, -0.2) is 9.37 Å². The Bertz CT molecular complexity index is 1630. The van der Waals surface area contributed by atoms with Crippen LogP contribution in [0.2, 0.25) is 5.02 Å². The molecule has 14 nitrogen and oxygen atoms in total. The second-order valence-corrected chi connectivity index (χ2v) is 11.2. The number of β-amino-alcohol motifs (C(OH)–C–C–N with tert-alkyl or cyclic N) is 1. The zero-order valence-corrected chi connectivity index (χ0v) is 26.0. The van der Waals surface area contributed by atoms with Crippen molar-refractivity contribution in [1.29, 1.82) is 0 Å². The molecule has 3 aromatic rings. The van der Waals surface area contributed by atoms with Gasteiger partial charge in [0.15, 0.2) is 17.5 Å². The van der Waals surface area contributed by atoms with Crippen LogP contribution in [0.5, 0.6) is 0 Å². The second-order valence-electron chi connectivity index (χ2n) is 10.8. The Labute approximate surface area is 267 Å². The lowest BCUT2D eigenvalue weighted by atomic mass is 10.1. The summed E-state index contributed by atoms with van der Waals surface area (Å²) in [5.74, 6) is -2.89. The Balaban J connectivity index is 0.00000154. The van der Waals surface area contributed by atoms with Gasteiger partial charge in [-0.3, -0.25) is 19.2 Å². The van der Waals surface area contributed by atoms with Gasteiger partial charge in [0.2, 0.25) is 11.9 Å². The lowest BCUT2D eigenvalue weighted by Gasteiger charge is -2.36. The summed E-state index contributed by atoms with van der Waals surface area (Å²) in [4.78, 5) is 59.6. The van der Waals surface area contributed by atoms with E-state index >= 15 is 0 Å². The minimum atomic E-state index is -0.911. The third kappa shape index (κ3) is 7.41. The fourth-order valence-corrected chi connectivity index (χ4v) is 5.46. The van der Waals surface area contributed by atoms with Crippen molar-refractivity contribution in [2.45, 2.75) is 18.6 Å². The second kappa shape index (κ2) is 14.6. The quantitative estimate of drug-likeness (QED) is 0.223. The molecule has 2 aromatic heterocycles. The molecule has 4 N–H and O–H groups in total. The summed E-state index contributed by atoms with van der Waals surface area (Å²) in [5, 5.41) is 22.4. The molecular weight excluding hydrogens is 630 g/mol. The van der Waals surface area contributed by atoms with E-state index in [0.29, 0.717) is 44.8 Å². The number of nitrogens with zero attached hydrogens (tertiary/aromatic N) is 6. The molecule has 0 saturated carbocycles. The molecule has 17 heteroatoms. The van der Waals surface area contributed by atoms with Gasteiger partial charge in [-0.2, -0.15) is 9.37 Å². The fourth-order valence-electron chi connectivity index (χ4n) is 5.20. The Kier molecular flexibility index (Phi) is 10.9. The van der Waals surface area contributed by atoms with Crippen molar-refractivity contribution in [1.82, 2.24) is 29.7 Å². The van der Waals surface area contributed by atoms with Gasteiger partial charge in [0, 0.05) is 59.6 Å². The monoisotopic (exact) mass is 662 g/mol. The summed E-state index contributed by atoms with van der Waals surface area (Å²) in [5.41, 5.74) is 0.539. The molecule has 2 aliphatic rings. The molecule has 46 heavy (non-hydrogen) atoms. The number of amides is 3. The van der Waals surface area contributed by atoms with E-state index in [9.17, 15) is 28.3 Å². The molecule has 3 amide bonds. The largest absolute Gasteiger partial charge is 0.483 e. The van der Waals surface area contributed by atoms with Crippen molar-refractivity contribution in [2.24, 2.45) is 7.05 Å². The molecule has 2 aliphatic heterocycles. The highest BCUT2D eigenvalue weighted by Gasteiger charge is 2.34. The van der Waals surface area contributed by atoms with Gasteiger partial charge in [0.25, 0.3) is 18.3 Å². The Hall–Kier alpha value is -4.67. The number of imidazole rings is 1. The molecule has 0 aliphatic carbocycles. The maximum absolute atomic E-state index is 14.7. The average Bonchev–Trinajstić information content (AvgIpc) is 3.63. The lowest BCUT2D eigenvalue weighted by Crippen LogP contribution is -2.54. The van der Waals surface area contributed by atoms with Crippen LogP contribution >= 0.6 is 11.6 Å². The highest BCUT2D eigenvalue weighted by atomic mass is 35.5. The third-order valence-electron chi connectivity index (χ3n) is 7.54. The third-order valence-corrected chi connectivity index (χ3v) is 7.86. The standard InChI is InChI=1S/C28H31ClF2N8O4.CH2O2/c1-36(2)24-20(30)12-18(23(31)35-24)22-14-33-25(37(22)3)26(41)34-15-4-5-17(19(29)10-15)27(42)38-6-8-39(9-7-38)28(43)21-11-16(40)13-32-21;2-1-3/h4-5,10,12,14,16,21,32,40H,6-9,11,13H2,1-3H3,(H,34,41);1H,(H,2,3)/t16-,21+;/m1./s1. The van der Waals surface area contributed by atoms with E-state index in [0.717, 1.165) is 6.07 Å². The number of anilines is 2. The smallest absolute Gasteiger partial charge is 0.291 e. The van der Waals surface area contributed by atoms with E-state index in [1.807, 2.05) is 0 Å². The number of hydrogen-bond acceptors (Lipinski definition) is 9. The van der Waals surface area contributed by atoms with Gasteiger partial charge < -0.3 is 40.1 Å². The predicted molar refractivity (Wildman–Crippen MR) is 164 cm³/mol. The molecule has 1 aromatic carbocycles. The zero-order valence-electron chi connectivity index (χ0n) is 25.2. The van der Waals surface area contributed by atoms with Crippen LogP contribution in [0, 0.1) is 11.8 Å². The summed E-state index contributed by atoms with van der Waals surface area (Å²) in [6.07, 6.45) is 1.09.